The van der Waals surface area contributed by atoms with Gasteiger partial charge in [-0.1, -0.05) is 12.1 Å². The topological polar surface area (TPSA) is 48.1 Å². The van der Waals surface area contributed by atoms with Crippen molar-refractivity contribution in [2.24, 2.45) is 5.73 Å². The predicted molar refractivity (Wildman–Crippen MR) is 63.2 cm³/mol. The fourth-order valence-electron chi connectivity index (χ4n) is 1.58. The van der Waals surface area contributed by atoms with Crippen molar-refractivity contribution in [1.82, 2.24) is 4.98 Å². The quantitative estimate of drug-likeness (QED) is 0.883. The fraction of sp³-hybridized carbons (Fsp3) is 0.154. The van der Waals surface area contributed by atoms with E-state index >= 15 is 0 Å². The van der Waals surface area contributed by atoms with Crippen LogP contribution in [0.5, 0.6) is 5.75 Å². The summed E-state index contributed by atoms with van der Waals surface area (Å²) in [6.07, 6.45) is 3.29. The minimum atomic E-state index is -0.335. The molecule has 2 aromatic rings. The van der Waals surface area contributed by atoms with Crippen molar-refractivity contribution in [2.45, 2.75) is 6.04 Å². The van der Waals surface area contributed by atoms with Gasteiger partial charge in [0.1, 0.15) is 11.6 Å². The number of hydrogen-bond acceptors (Lipinski definition) is 3. The van der Waals surface area contributed by atoms with Gasteiger partial charge in [0, 0.05) is 6.20 Å². The Kier molecular flexibility index (Phi) is 3.35. The summed E-state index contributed by atoms with van der Waals surface area (Å²) in [6.45, 7) is 0. The van der Waals surface area contributed by atoms with Crippen LogP contribution in [0.4, 0.5) is 4.39 Å². The molecule has 2 N–H and O–H groups in total. The third kappa shape index (κ3) is 2.60. The van der Waals surface area contributed by atoms with Gasteiger partial charge in [-0.2, -0.15) is 0 Å². The maximum Gasteiger partial charge on any atom is 0.137 e. The molecule has 0 aliphatic rings. The molecule has 1 aromatic heterocycles. The number of ether oxygens (including phenoxy) is 1. The summed E-state index contributed by atoms with van der Waals surface area (Å²) >= 11 is 0. The van der Waals surface area contributed by atoms with E-state index in [2.05, 4.69) is 4.98 Å². The number of rotatable bonds is 3. The Labute approximate surface area is 99.1 Å². The molecule has 0 bridgehead atoms. The molecular weight excluding hydrogens is 219 g/mol. The molecular formula is C13H13FN2O. The van der Waals surface area contributed by atoms with Gasteiger partial charge in [-0.25, -0.2) is 4.39 Å². The van der Waals surface area contributed by atoms with Crippen LogP contribution in [0.3, 0.4) is 0 Å². The summed E-state index contributed by atoms with van der Waals surface area (Å²) in [7, 11) is 1.57. The Balaban J connectivity index is 2.29. The van der Waals surface area contributed by atoms with Crippen LogP contribution in [-0.2, 0) is 0 Å². The summed E-state index contributed by atoms with van der Waals surface area (Å²) < 4.78 is 17.9. The zero-order valence-corrected chi connectivity index (χ0v) is 9.43. The lowest BCUT2D eigenvalue weighted by atomic mass is 10.0. The van der Waals surface area contributed by atoms with Gasteiger partial charge in [-0.3, -0.25) is 4.98 Å². The van der Waals surface area contributed by atoms with Gasteiger partial charge >= 0.3 is 0 Å². The SMILES string of the molecule is COc1cncc(C(N)c2ccc(F)cc2)c1. The van der Waals surface area contributed by atoms with E-state index in [9.17, 15) is 4.39 Å². The van der Waals surface area contributed by atoms with Gasteiger partial charge in [0.25, 0.3) is 0 Å². The lowest BCUT2D eigenvalue weighted by Crippen LogP contribution is -2.12. The molecule has 1 heterocycles. The normalized spacial score (nSPS) is 12.2. The number of pyridine rings is 1. The van der Waals surface area contributed by atoms with Gasteiger partial charge in [0.15, 0.2) is 0 Å². The minimum absolute atomic E-state index is 0.273. The van der Waals surface area contributed by atoms with E-state index in [4.69, 9.17) is 10.5 Å². The maximum atomic E-state index is 12.8. The first kappa shape index (κ1) is 11.5. The van der Waals surface area contributed by atoms with Gasteiger partial charge in [0.05, 0.1) is 19.3 Å². The van der Waals surface area contributed by atoms with Crippen molar-refractivity contribution in [1.29, 1.82) is 0 Å². The Morgan fingerprint density at radius 1 is 1.18 bits per heavy atom. The van der Waals surface area contributed by atoms with E-state index in [-0.39, 0.29) is 11.9 Å². The number of nitrogens with zero attached hydrogens (tertiary/aromatic N) is 1. The Morgan fingerprint density at radius 3 is 2.53 bits per heavy atom. The molecule has 1 unspecified atom stereocenters. The Hall–Kier alpha value is -1.94. The molecule has 4 heteroatoms. The summed E-state index contributed by atoms with van der Waals surface area (Å²) in [4.78, 5) is 4.04. The largest absolute Gasteiger partial charge is 0.495 e. The molecule has 0 aliphatic heterocycles. The Bertz CT molecular complexity index is 499. The molecule has 0 spiro atoms. The average Bonchev–Trinajstić information content (AvgIpc) is 2.39. The molecule has 0 aliphatic carbocycles. The lowest BCUT2D eigenvalue weighted by molar-refractivity contribution is 0.412. The monoisotopic (exact) mass is 232 g/mol. The van der Waals surface area contributed by atoms with Crippen molar-refractivity contribution in [3.05, 3.63) is 59.7 Å². The van der Waals surface area contributed by atoms with E-state index in [1.165, 1.54) is 12.1 Å². The van der Waals surface area contributed by atoms with Crippen molar-refractivity contribution in [2.75, 3.05) is 7.11 Å². The van der Waals surface area contributed by atoms with Crippen LogP contribution in [0.15, 0.2) is 42.7 Å². The first-order chi connectivity index (χ1) is 8.20. The fourth-order valence-corrected chi connectivity index (χ4v) is 1.58. The average molecular weight is 232 g/mol. The molecule has 0 saturated carbocycles. The smallest absolute Gasteiger partial charge is 0.137 e. The van der Waals surface area contributed by atoms with Crippen molar-refractivity contribution >= 4 is 0 Å². The highest BCUT2D eigenvalue weighted by molar-refractivity contribution is 5.33. The van der Waals surface area contributed by atoms with Crippen LogP contribution in [-0.4, -0.2) is 12.1 Å². The second-order valence-electron chi connectivity index (χ2n) is 3.69. The van der Waals surface area contributed by atoms with E-state index in [0.29, 0.717) is 5.75 Å². The van der Waals surface area contributed by atoms with Gasteiger partial charge in [-0.15, -0.1) is 0 Å². The lowest BCUT2D eigenvalue weighted by Gasteiger charge is -2.12. The molecule has 0 amide bonds. The van der Waals surface area contributed by atoms with Crippen LogP contribution in [0.2, 0.25) is 0 Å². The van der Waals surface area contributed by atoms with Crippen LogP contribution >= 0.6 is 0 Å². The van der Waals surface area contributed by atoms with Gasteiger partial charge in [-0.05, 0) is 29.3 Å². The van der Waals surface area contributed by atoms with Crippen LogP contribution in [0.25, 0.3) is 0 Å². The summed E-state index contributed by atoms with van der Waals surface area (Å²) in [6, 6.07) is 7.60. The summed E-state index contributed by atoms with van der Waals surface area (Å²) in [5, 5.41) is 0. The highest BCUT2D eigenvalue weighted by atomic mass is 19.1. The number of benzene rings is 1. The Morgan fingerprint density at radius 2 is 1.88 bits per heavy atom. The number of hydrogen-bond donors (Lipinski definition) is 1. The molecule has 0 radical (unpaired) electrons. The zero-order chi connectivity index (χ0) is 12.3. The van der Waals surface area contributed by atoms with Crippen molar-refractivity contribution in [3.8, 4) is 5.75 Å². The van der Waals surface area contributed by atoms with Crippen LogP contribution < -0.4 is 10.5 Å². The molecule has 0 saturated heterocycles. The van der Waals surface area contributed by atoms with Gasteiger partial charge < -0.3 is 10.5 Å². The maximum absolute atomic E-state index is 12.8. The van der Waals surface area contributed by atoms with Crippen molar-refractivity contribution in [3.63, 3.8) is 0 Å². The molecule has 3 nitrogen and oxygen atoms in total. The highest BCUT2D eigenvalue weighted by Crippen LogP contribution is 2.22. The summed E-state index contributed by atoms with van der Waals surface area (Å²) in [5.74, 6) is 0.379. The third-order valence-electron chi connectivity index (χ3n) is 2.56. The molecule has 88 valence electrons. The van der Waals surface area contributed by atoms with E-state index in [0.717, 1.165) is 11.1 Å². The number of aromatic nitrogens is 1. The van der Waals surface area contributed by atoms with E-state index in [1.807, 2.05) is 6.07 Å². The number of nitrogens with two attached hydrogens (primary N) is 1. The molecule has 0 fully saturated rings. The first-order valence-corrected chi connectivity index (χ1v) is 5.20. The molecule has 17 heavy (non-hydrogen) atoms. The highest BCUT2D eigenvalue weighted by Gasteiger charge is 2.10. The molecule has 2 rings (SSSR count). The van der Waals surface area contributed by atoms with E-state index < -0.39 is 0 Å². The third-order valence-corrected chi connectivity index (χ3v) is 2.56. The standard InChI is InChI=1S/C13H13FN2O/c1-17-12-6-10(7-16-8-12)13(15)9-2-4-11(14)5-3-9/h2-8,13H,15H2,1H3. The molecule has 1 aromatic carbocycles. The molecule has 1 atom stereocenters. The van der Waals surface area contributed by atoms with Crippen molar-refractivity contribution < 1.29 is 9.13 Å². The van der Waals surface area contributed by atoms with Gasteiger partial charge in [0.2, 0.25) is 0 Å². The predicted octanol–water partition coefficient (Wildman–Crippen LogP) is 2.28. The minimum Gasteiger partial charge on any atom is -0.495 e. The van der Waals surface area contributed by atoms with Crippen LogP contribution in [0.1, 0.15) is 17.2 Å². The second-order valence-corrected chi connectivity index (χ2v) is 3.69. The number of halogens is 1. The van der Waals surface area contributed by atoms with Crippen LogP contribution in [0, 0.1) is 5.82 Å². The summed E-state index contributed by atoms with van der Waals surface area (Å²) in [5.41, 5.74) is 7.74. The number of methoxy groups -OCH3 is 1. The first-order valence-electron chi connectivity index (χ1n) is 5.20. The van der Waals surface area contributed by atoms with E-state index in [1.54, 1.807) is 31.6 Å². The second kappa shape index (κ2) is 4.93. The zero-order valence-electron chi connectivity index (χ0n) is 9.43.